The maximum Gasteiger partial charge on any atom is 0.337 e. The summed E-state index contributed by atoms with van der Waals surface area (Å²) in [5, 5.41) is 5.88. The zero-order valence-electron chi connectivity index (χ0n) is 14.7. The van der Waals surface area contributed by atoms with Gasteiger partial charge in [0.15, 0.2) is 0 Å². The molecule has 3 amide bonds. The standard InChI is InChI=1S/C19H20ClN3O4/c1-27-18(25)14-4-2-12(3-5-14)11-22-17(24)10-16(23-19(21)26)13-6-8-15(20)9-7-13/h2-9,16H,10-11H2,1H3,(H,22,24)(H3,21,23,26). The van der Waals surface area contributed by atoms with E-state index in [1.54, 1.807) is 48.5 Å². The van der Waals surface area contributed by atoms with Crippen molar-refractivity contribution in [3.8, 4) is 0 Å². The summed E-state index contributed by atoms with van der Waals surface area (Å²) in [5.41, 5.74) is 7.18. The van der Waals surface area contributed by atoms with Crippen molar-refractivity contribution in [2.24, 2.45) is 5.73 Å². The molecule has 0 saturated carbocycles. The maximum atomic E-state index is 12.3. The third kappa shape index (κ3) is 6.31. The number of halogens is 1. The molecule has 8 heteroatoms. The van der Waals surface area contributed by atoms with E-state index in [4.69, 9.17) is 17.3 Å². The van der Waals surface area contributed by atoms with Crippen molar-refractivity contribution in [3.05, 3.63) is 70.2 Å². The number of ether oxygens (including phenoxy) is 1. The summed E-state index contributed by atoms with van der Waals surface area (Å²) in [6.45, 7) is 0.282. The van der Waals surface area contributed by atoms with Crippen LogP contribution in [0.15, 0.2) is 48.5 Å². The Bertz CT molecular complexity index is 807. The third-order valence-electron chi connectivity index (χ3n) is 3.84. The molecule has 0 heterocycles. The van der Waals surface area contributed by atoms with Crippen LogP contribution in [0.2, 0.25) is 5.02 Å². The van der Waals surface area contributed by atoms with E-state index in [0.717, 1.165) is 11.1 Å². The van der Waals surface area contributed by atoms with Gasteiger partial charge in [0.1, 0.15) is 0 Å². The number of urea groups is 1. The first-order valence-electron chi connectivity index (χ1n) is 8.14. The lowest BCUT2D eigenvalue weighted by molar-refractivity contribution is -0.121. The van der Waals surface area contributed by atoms with Gasteiger partial charge in [0, 0.05) is 11.6 Å². The summed E-state index contributed by atoms with van der Waals surface area (Å²) in [6.07, 6.45) is 0.0187. The van der Waals surface area contributed by atoms with Gasteiger partial charge in [-0.25, -0.2) is 9.59 Å². The van der Waals surface area contributed by atoms with Crippen LogP contribution in [0.4, 0.5) is 4.79 Å². The number of carbonyl (C=O) groups is 3. The van der Waals surface area contributed by atoms with E-state index in [1.807, 2.05) is 0 Å². The van der Waals surface area contributed by atoms with Crippen LogP contribution in [0.5, 0.6) is 0 Å². The summed E-state index contributed by atoms with van der Waals surface area (Å²) in [4.78, 5) is 34.9. The van der Waals surface area contributed by atoms with Gasteiger partial charge in [-0.2, -0.15) is 0 Å². The number of primary amides is 1. The minimum atomic E-state index is -0.721. The molecule has 1 unspecified atom stereocenters. The Labute approximate surface area is 161 Å². The molecule has 0 saturated heterocycles. The zero-order chi connectivity index (χ0) is 19.8. The van der Waals surface area contributed by atoms with Gasteiger partial charge in [-0.05, 0) is 35.4 Å². The van der Waals surface area contributed by atoms with Crippen LogP contribution in [0, 0.1) is 0 Å². The fraction of sp³-hybridized carbons (Fsp3) is 0.211. The molecule has 0 radical (unpaired) electrons. The first-order chi connectivity index (χ1) is 12.9. The molecule has 7 nitrogen and oxygen atoms in total. The molecule has 2 aromatic carbocycles. The SMILES string of the molecule is COC(=O)c1ccc(CNC(=O)CC(NC(N)=O)c2ccc(Cl)cc2)cc1. The molecule has 0 aliphatic rings. The maximum absolute atomic E-state index is 12.3. The monoisotopic (exact) mass is 389 g/mol. The van der Waals surface area contributed by atoms with Crippen LogP contribution in [0.1, 0.15) is 33.9 Å². The highest BCUT2D eigenvalue weighted by Gasteiger charge is 2.17. The molecule has 0 fully saturated rings. The Hall–Kier alpha value is -3.06. The highest BCUT2D eigenvalue weighted by molar-refractivity contribution is 6.30. The predicted octanol–water partition coefficient (Wildman–Crippen LogP) is 2.54. The van der Waals surface area contributed by atoms with Crippen LogP contribution in [0.3, 0.4) is 0 Å². The average molecular weight is 390 g/mol. The summed E-state index contributed by atoms with van der Waals surface area (Å²) >= 11 is 5.87. The zero-order valence-corrected chi connectivity index (χ0v) is 15.5. The van der Waals surface area contributed by atoms with Gasteiger partial charge in [-0.15, -0.1) is 0 Å². The van der Waals surface area contributed by atoms with E-state index < -0.39 is 18.0 Å². The lowest BCUT2D eigenvalue weighted by Gasteiger charge is -2.18. The van der Waals surface area contributed by atoms with Crippen molar-refractivity contribution in [2.75, 3.05) is 7.11 Å². The van der Waals surface area contributed by atoms with Crippen molar-refractivity contribution in [1.82, 2.24) is 10.6 Å². The molecule has 142 valence electrons. The molecular weight excluding hydrogens is 370 g/mol. The average Bonchev–Trinajstić information content (AvgIpc) is 2.66. The van der Waals surface area contributed by atoms with Crippen molar-refractivity contribution >= 4 is 29.5 Å². The molecule has 0 aromatic heterocycles. The smallest absolute Gasteiger partial charge is 0.337 e. The van der Waals surface area contributed by atoms with Crippen LogP contribution >= 0.6 is 11.6 Å². The largest absolute Gasteiger partial charge is 0.465 e. The molecular formula is C19H20ClN3O4. The van der Waals surface area contributed by atoms with Gasteiger partial charge >= 0.3 is 12.0 Å². The molecule has 4 N–H and O–H groups in total. The van der Waals surface area contributed by atoms with E-state index in [2.05, 4.69) is 15.4 Å². The topological polar surface area (TPSA) is 111 Å². The highest BCUT2D eigenvalue weighted by Crippen LogP contribution is 2.19. The van der Waals surface area contributed by atoms with E-state index in [-0.39, 0.29) is 18.9 Å². The van der Waals surface area contributed by atoms with Crippen molar-refractivity contribution in [2.45, 2.75) is 19.0 Å². The van der Waals surface area contributed by atoms with Gasteiger partial charge in [-0.3, -0.25) is 4.79 Å². The second kappa shape index (κ2) is 9.59. The minimum absolute atomic E-state index is 0.0187. The van der Waals surface area contributed by atoms with Gasteiger partial charge < -0.3 is 21.1 Å². The van der Waals surface area contributed by atoms with Gasteiger partial charge in [-0.1, -0.05) is 35.9 Å². The number of hydrogen-bond donors (Lipinski definition) is 3. The van der Waals surface area contributed by atoms with Gasteiger partial charge in [0.05, 0.1) is 25.1 Å². The Morgan fingerprint density at radius 1 is 1.07 bits per heavy atom. The van der Waals surface area contributed by atoms with E-state index in [0.29, 0.717) is 10.6 Å². The summed E-state index contributed by atoms with van der Waals surface area (Å²) in [6, 6.07) is 12.2. The molecule has 1 atom stereocenters. The van der Waals surface area contributed by atoms with E-state index in [9.17, 15) is 14.4 Å². The van der Waals surface area contributed by atoms with E-state index >= 15 is 0 Å². The number of nitrogens with one attached hydrogen (secondary N) is 2. The molecule has 0 aliphatic carbocycles. The molecule has 0 aliphatic heterocycles. The van der Waals surface area contributed by atoms with Crippen LogP contribution in [-0.4, -0.2) is 25.0 Å². The number of carbonyl (C=O) groups excluding carboxylic acids is 3. The Morgan fingerprint density at radius 3 is 2.26 bits per heavy atom. The lowest BCUT2D eigenvalue weighted by atomic mass is 10.0. The molecule has 2 rings (SSSR count). The van der Waals surface area contributed by atoms with Gasteiger partial charge in [0.2, 0.25) is 5.91 Å². The molecule has 0 spiro atoms. The highest BCUT2D eigenvalue weighted by atomic mass is 35.5. The molecule has 27 heavy (non-hydrogen) atoms. The number of esters is 1. The summed E-state index contributed by atoms with van der Waals surface area (Å²) in [5.74, 6) is -0.685. The predicted molar refractivity (Wildman–Crippen MR) is 101 cm³/mol. The Balaban J connectivity index is 1.96. The quantitative estimate of drug-likeness (QED) is 0.632. The normalized spacial score (nSPS) is 11.3. The van der Waals surface area contributed by atoms with Crippen LogP contribution < -0.4 is 16.4 Å². The van der Waals surface area contributed by atoms with Gasteiger partial charge in [0.25, 0.3) is 0 Å². The third-order valence-corrected chi connectivity index (χ3v) is 4.10. The molecule has 0 bridgehead atoms. The van der Waals surface area contributed by atoms with Crippen molar-refractivity contribution < 1.29 is 19.1 Å². The first kappa shape index (κ1) is 20.3. The summed E-state index contributed by atoms with van der Waals surface area (Å²) < 4.78 is 4.64. The number of nitrogens with two attached hydrogens (primary N) is 1. The van der Waals surface area contributed by atoms with Crippen molar-refractivity contribution in [3.63, 3.8) is 0 Å². The number of benzene rings is 2. The minimum Gasteiger partial charge on any atom is -0.465 e. The number of rotatable bonds is 7. The number of hydrogen-bond acceptors (Lipinski definition) is 4. The fourth-order valence-corrected chi connectivity index (χ4v) is 2.58. The first-order valence-corrected chi connectivity index (χ1v) is 8.52. The second-order valence-electron chi connectivity index (χ2n) is 5.78. The van der Waals surface area contributed by atoms with Crippen molar-refractivity contribution in [1.29, 1.82) is 0 Å². The van der Waals surface area contributed by atoms with Crippen LogP contribution in [0.25, 0.3) is 0 Å². The Morgan fingerprint density at radius 2 is 1.70 bits per heavy atom. The number of amides is 3. The lowest BCUT2D eigenvalue weighted by Crippen LogP contribution is -2.36. The fourth-order valence-electron chi connectivity index (χ4n) is 2.45. The second-order valence-corrected chi connectivity index (χ2v) is 6.22. The van der Waals surface area contributed by atoms with E-state index in [1.165, 1.54) is 7.11 Å². The van der Waals surface area contributed by atoms with Crippen LogP contribution in [-0.2, 0) is 16.1 Å². The number of methoxy groups -OCH3 is 1. The molecule has 2 aromatic rings. The summed E-state index contributed by atoms with van der Waals surface area (Å²) in [7, 11) is 1.31. The Kier molecular flexibility index (Phi) is 7.19.